The smallest absolute Gasteiger partial charge is 0.338 e. The van der Waals surface area contributed by atoms with Crippen molar-refractivity contribution in [2.24, 2.45) is 5.41 Å². The second-order valence-electron chi connectivity index (χ2n) is 5.46. The molecule has 0 amide bonds. The first-order valence-corrected chi connectivity index (χ1v) is 7.46. The number of halogens is 1. The lowest BCUT2D eigenvalue weighted by molar-refractivity contribution is 0.0496. The Labute approximate surface area is 120 Å². The summed E-state index contributed by atoms with van der Waals surface area (Å²) in [5.41, 5.74) is 1.16. The number of hydrogen-bond donors (Lipinski definition) is 0. The summed E-state index contributed by atoms with van der Waals surface area (Å²) >= 11 is 5.84. The van der Waals surface area contributed by atoms with Crippen LogP contribution in [0.5, 0.6) is 0 Å². The summed E-state index contributed by atoms with van der Waals surface area (Å²) in [4.78, 5) is 11.7. The summed E-state index contributed by atoms with van der Waals surface area (Å²) in [5.74, 6) is -0.279. The molecule has 2 rings (SSSR count). The van der Waals surface area contributed by atoms with Crippen LogP contribution in [0, 0.1) is 5.41 Å². The van der Waals surface area contributed by atoms with Crippen molar-refractivity contribution < 1.29 is 9.53 Å². The van der Waals surface area contributed by atoms with Gasteiger partial charge in [0, 0.05) is 5.02 Å². The van der Waals surface area contributed by atoms with Crippen molar-refractivity contribution in [3.05, 3.63) is 34.9 Å². The van der Waals surface area contributed by atoms with Gasteiger partial charge in [-0.25, -0.2) is 4.79 Å². The van der Waals surface area contributed by atoms with E-state index in [2.05, 4.69) is 6.92 Å². The third-order valence-electron chi connectivity index (χ3n) is 4.10. The Morgan fingerprint density at radius 2 is 2.16 bits per heavy atom. The molecule has 0 heterocycles. The lowest BCUT2D eigenvalue weighted by Crippen LogP contribution is -2.07. The monoisotopic (exact) mass is 280 g/mol. The Morgan fingerprint density at radius 1 is 1.37 bits per heavy atom. The van der Waals surface area contributed by atoms with Crippen LogP contribution in [-0.4, -0.2) is 12.6 Å². The van der Waals surface area contributed by atoms with E-state index in [0.29, 0.717) is 22.6 Å². The molecule has 0 N–H and O–H groups in total. The van der Waals surface area contributed by atoms with Gasteiger partial charge >= 0.3 is 5.97 Å². The van der Waals surface area contributed by atoms with Crippen molar-refractivity contribution in [3.63, 3.8) is 0 Å². The van der Waals surface area contributed by atoms with Crippen LogP contribution in [0.2, 0.25) is 5.02 Å². The zero-order valence-corrected chi connectivity index (χ0v) is 12.2. The number of carbonyl (C=O) groups excluding carboxylic acids is 1. The van der Waals surface area contributed by atoms with Crippen LogP contribution in [0.1, 0.15) is 55.8 Å². The van der Waals surface area contributed by atoms with E-state index < -0.39 is 0 Å². The van der Waals surface area contributed by atoms with Crippen LogP contribution in [-0.2, 0) is 4.74 Å². The fourth-order valence-electron chi connectivity index (χ4n) is 2.42. The van der Waals surface area contributed by atoms with Crippen molar-refractivity contribution in [2.45, 2.75) is 45.4 Å². The number of unbranched alkanes of at least 4 members (excludes halogenated alkanes) is 1. The normalized spacial score (nSPS) is 16.1. The molecule has 2 nitrogen and oxygen atoms in total. The van der Waals surface area contributed by atoms with E-state index in [0.717, 1.165) is 12.8 Å². The summed E-state index contributed by atoms with van der Waals surface area (Å²) in [6.45, 7) is 2.78. The Morgan fingerprint density at radius 3 is 2.79 bits per heavy atom. The lowest BCUT2D eigenvalue weighted by atomic mass is 9.96. The quantitative estimate of drug-likeness (QED) is 0.527. The van der Waals surface area contributed by atoms with E-state index in [1.807, 2.05) is 0 Å². The van der Waals surface area contributed by atoms with Gasteiger partial charge in [0.05, 0.1) is 12.2 Å². The second-order valence-corrected chi connectivity index (χ2v) is 5.89. The lowest BCUT2D eigenvalue weighted by Gasteiger charge is -2.11. The number of benzene rings is 1. The van der Waals surface area contributed by atoms with E-state index in [1.165, 1.54) is 25.7 Å². The number of ether oxygens (including phenoxy) is 1. The zero-order valence-electron chi connectivity index (χ0n) is 11.5. The molecule has 1 fully saturated rings. The van der Waals surface area contributed by atoms with Crippen molar-refractivity contribution in [1.29, 1.82) is 0 Å². The first-order chi connectivity index (χ1) is 9.15. The Kier molecular flexibility index (Phi) is 4.87. The molecule has 0 radical (unpaired) electrons. The second kappa shape index (κ2) is 6.42. The summed E-state index contributed by atoms with van der Waals surface area (Å²) in [6.07, 6.45) is 7.43. The van der Waals surface area contributed by atoms with Crippen molar-refractivity contribution in [2.75, 3.05) is 6.61 Å². The summed E-state index contributed by atoms with van der Waals surface area (Å²) < 4.78 is 5.25. The van der Waals surface area contributed by atoms with Gasteiger partial charge in [-0.15, -0.1) is 0 Å². The highest BCUT2D eigenvalue weighted by atomic mass is 35.5. The van der Waals surface area contributed by atoms with Crippen LogP contribution in [0.15, 0.2) is 24.3 Å². The minimum Gasteiger partial charge on any atom is -0.462 e. The first-order valence-electron chi connectivity index (χ1n) is 7.08. The summed E-state index contributed by atoms with van der Waals surface area (Å²) in [7, 11) is 0. The van der Waals surface area contributed by atoms with Gasteiger partial charge in [0.2, 0.25) is 0 Å². The van der Waals surface area contributed by atoms with Gasteiger partial charge in [-0.1, -0.05) is 31.0 Å². The minimum absolute atomic E-state index is 0.279. The summed E-state index contributed by atoms with van der Waals surface area (Å²) in [5, 5.41) is 0.563. The van der Waals surface area contributed by atoms with Gasteiger partial charge in [-0.05, 0) is 55.7 Å². The zero-order chi connectivity index (χ0) is 13.7. The van der Waals surface area contributed by atoms with Crippen molar-refractivity contribution in [1.82, 2.24) is 0 Å². The SMILES string of the molecule is CCC1(CCCCOC(=O)c2cccc(Cl)c2)CC1. The Hall–Kier alpha value is -1.02. The van der Waals surface area contributed by atoms with Gasteiger partial charge in [-0.2, -0.15) is 0 Å². The topological polar surface area (TPSA) is 26.3 Å². The fourth-order valence-corrected chi connectivity index (χ4v) is 2.61. The van der Waals surface area contributed by atoms with Gasteiger partial charge in [0.15, 0.2) is 0 Å². The molecule has 1 aliphatic rings. The van der Waals surface area contributed by atoms with Gasteiger partial charge < -0.3 is 4.74 Å². The molecule has 0 bridgehead atoms. The average molecular weight is 281 g/mol. The van der Waals surface area contributed by atoms with Crippen LogP contribution in [0.4, 0.5) is 0 Å². The minimum atomic E-state index is -0.279. The molecule has 19 heavy (non-hydrogen) atoms. The molecular weight excluding hydrogens is 260 g/mol. The van der Waals surface area contributed by atoms with Crippen LogP contribution < -0.4 is 0 Å². The van der Waals surface area contributed by atoms with E-state index in [1.54, 1.807) is 24.3 Å². The standard InChI is InChI=1S/C16H21ClO2/c1-2-16(9-10-16)8-3-4-11-19-15(18)13-6-5-7-14(17)12-13/h5-7,12H,2-4,8-11H2,1H3. The maximum absolute atomic E-state index is 11.7. The average Bonchev–Trinajstić information content (AvgIpc) is 3.19. The van der Waals surface area contributed by atoms with E-state index >= 15 is 0 Å². The van der Waals surface area contributed by atoms with E-state index in [9.17, 15) is 4.79 Å². The van der Waals surface area contributed by atoms with E-state index in [4.69, 9.17) is 16.3 Å². The molecule has 1 saturated carbocycles. The van der Waals surface area contributed by atoms with Crippen molar-refractivity contribution in [3.8, 4) is 0 Å². The largest absolute Gasteiger partial charge is 0.462 e. The molecule has 0 aliphatic heterocycles. The molecule has 0 aromatic heterocycles. The molecular formula is C16H21ClO2. The molecule has 0 atom stereocenters. The number of rotatable bonds is 7. The summed E-state index contributed by atoms with van der Waals surface area (Å²) in [6, 6.07) is 6.87. The Balaban J connectivity index is 1.64. The fraction of sp³-hybridized carbons (Fsp3) is 0.562. The predicted molar refractivity (Wildman–Crippen MR) is 77.5 cm³/mol. The van der Waals surface area contributed by atoms with Crippen LogP contribution >= 0.6 is 11.6 Å². The number of hydrogen-bond acceptors (Lipinski definition) is 2. The van der Waals surface area contributed by atoms with Crippen molar-refractivity contribution >= 4 is 17.6 Å². The maximum atomic E-state index is 11.7. The molecule has 1 aromatic rings. The molecule has 1 aromatic carbocycles. The van der Waals surface area contributed by atoms with Crippen LogP contribution in [0.25, 0.3) is 0 Å². The van der Waals surface area contributed by atoms with Gasteiger partial charge in [0.1, 0.15) is 0 Å². The molecule has 3 heteroatoms. The number of carbonyl (C=O) groups is 1. The van der Waals surface area contributed by atoms with E-state index in [-0.39, 0.29) is 5.97 Å². The molecule has 1 aliphatic carbocycles. The molecule has 0 spiro atoms. The number of esters is 1. The third-order valence-corrected chi connectivity index (χ3v) is 4.34. The highest BCUT2D eigenvalue weighted by molar-refractivity contribution is 6.30. The third kappa shape index (κ3) is 4.24. The molecule has 104 valence electrons. The highest BCUT2D eigenvalue weighted by Gasteiger charge is 2.39. The highest BCUT2D eigenvalue weighted by Crippen LogP contribution is 2.52. The van der Waals surface area contributed by atoms with Gasteiger partial charge in [-0.3, -0.25) is 0 Å². The van der Waals surface area contributed by atoms with Gasteiger partial charge in [0.25, 0.3) is 0 Å². The first kappa shape index (κ1) is 14.4. The van der Waals surface area contributed by atoms with Crippen LogP contribution in [0.3, 0.4) is 0 Å². The molecule has 0 saturated heterocycles. The Bertz CT molecular complexity index is 438. The predicted octanol–water partition coefficient (Wildman–Crippen LogP) is 4.86. The molecule has 0 unspecified atom stereocenters. The maximum Gasteiger partial charge on any atom is 0.338 e.